The van der Waals surface area contributed by atoms with E-state index < -0.39 is 45.2 Å². The van der Waals surface area contributed by atoms with Crippen LogP contribution in [0.4, 0.5) is 19.4 Å². The summed E-state index contributed by atoms with van der Waals surface area (Å²) < 4.78 is 66.7. The van der Waals surface area contributed by atoms with E-state index >= 15 is 0 Å². The summed E-state index contributed by atoms with van der Waals surface area (Å²) in [7, 11) is -0.304. The fraction of sp³-hybridized carbons (Fsp3) is 0.417. The number of carbonyl (C=O) groups excluding carboxylic acids is 1. The van der Waals surface area contributed by atoms with Gasteiger partial charge in [-0.3, -0.25) is 9.40 Å². The van der Waals surface area contributed by atoms with Gasteiger partial charge in [0.1, 0.15) is 28.5 Å². The molecular formula is C36H43F2N7O5S. The summed E-state index contributed by atoms with van der Waals surface area (Å²) in [5.74, 6) is 4.17. The number of rotatable bonds is 8. The number of hydrogen-bond donors (Lipinski definition) is 3. The number of aryl methyl sites for hydroxylation is 1. The number of fused-ring (bicyclic) bond motifs is 1. The Morgan fingerprint density at radius 1 is 1.00 bits per heavy atom. The van der Waals surface area contributed by atoms with Crippen molar-refractivity contribution < 1.29 is 31.8 Å². The molecule has 5 rings (SSSR count). The lowest BCUT2D eigenvalue weighted by molar-refractivity contribution is 0.0502. The molecule has 15 heteroatoms. The summed E-state index contributed by atoms with van der Waals surface area (Å²) in [6.45, 7) is 10.0. The number of aromatic nitrogens is 3. The van der Waals surface area contributed by atoms with E-state index in [9.17, 15) is 27.1 Å². The molecular weight excluding hydrogens is 681 g/mol. The van der Waals surface area contributed by atoms with Gasteiger partial charge < -0.3 is 20.1 Å². The third-order valence-corrected chi connectivity index (χ3v) is 9.48. The molecule has 0 saturated carbocycles. The van der Waals surface area contributed by atoms with Gasteiger partial charge in [0.2, 0.25) is 0 Å². The number of pyridine rings is 1. The van der Waals surface area contributed by atoms with Crippen LogP contribution in [0.3, 0.4) is 0 Å². The Morgan fingerprint density at radius 2 is 1.67 bits per heavy atom. The van der Waals surface area contributed by atoms with Gasteiger partial charge in [0.25, 0.3) is 0 Å². The summed E-state index contributed by atoms with van der Waals surface area (Å²) in [6.07, 6.45) is -0.877. The van der Waals surface area contributed by atoms with Crippen LogP contribution in [0.1, 0.15) is 57.6 Å². The molecule has 0 aliphatic carbocycles. The largest absolute Gasteiger partial charge is 0.444 e. The lowest BCUT2D eigenvalue weighted by atomic mass is 9.94. The van der Waals surface area contributed by atoms with Crippen LogP contribution in [0.5, 0.6) is 0 Å². The summed E-state index contributed by atoms with van der Waals surface area (Å²) in [4.78, 5) is 20.1. The lowest BCUT2D eigenvalue weighted by Gasteiger charge is -2.31. The number of alkyl carbamates (subject to hydrolysis) is 1. The molecule has 2 aromatic carbocycles. The number of carbonyl (C=O) groups is 1. The molecule has 12 nitrogen and oxygen atoms in total. The maximum Gasteiger partial charge on any atom is 0.408 e. The molecule has 3 heterocycles. The van der Waals surface area contributed by atoms with Crippen LogP contribution in [0.15, 0.2) is 48.5 Å². The number of nitrogens with one attached hydrogen (secondary N) is 2. The summed E-state index contributed by atoms with van der Waals surface area (Å²) in [5, 5.41) is 18.2. The van der Waals surface area contributed by atoms with Crippen molar-refractivity contribution in [3.63, 3.8) is 0 Å². The predicted molar refractivity (Wildman–Crippen MR) is 191 cm³/mol. The van der Waals surface area contributed by atoms with E-state index in [2.05, 4.69) is 31.9 Å². The molecule has 272 valence electrons. The molecule has 0 radical (unpaired) electrons. The highest BCUT2D eigenvalue weighted by molar-refractivity contribution is 7.90. The maximum absolute atomic E-state index is 14.4. The van der Waals surface area contributed by atoms with Gasteiger partial charge in [-0.1, -0.05) is 18.1 Å². The van der Waals surface area contributed by atoms with Gasteiger partial charge in [-0.2, -0.15) is 17.8 Å². The zero-order valence-corrected chi connectivity index (χ0v) is 30.5. The SMILES string of the molecule is CN1CCN(S(=O)(=O)Nc2nn(C)c3c(-c4ccc(C#CC(C)(C)O)nc4C(Cc4cc(F)cc(F)c4)NC(=O)OC(C)(C)C)cccc23)CC1. The van der Waals surface area contributed by atoms with Gasteiger partial charge in [-0.05, 0) is 89.9 Å². The molecule has 1 fully saturated rings. The Morgan fingerprint density at radius 3 is 2.29 bits per heavy atom. The monoisotopic (exact) mass is 723 g/mol. The van der Waals surface area contributed by atoms with Crippen molar-refractivity contribution in [2.75, 3.05) is 37.9 Å². The quantitative estimate of drug-likeness (QED) is 0.221. The van der Waals surface area contributed by atoms with Gasteiger partial charge >= 0.3 is 16.3 Å². The highest BCUT2D eigenvalue weighted by atomic mass is 32.2. The van der Waals surface area contributed by atoms with Crippen LogP contribution in [0.2, 0.25) is 0 Å². The van der Waals surface area contributed by atoms with Gasteiger partial charge in [0, 0.05) is 55.8 Å². The highest BCUT2D eigenvalue weighted by Crippen LogP contribution is 2.37. The molecule has 4 aromatic rings. The minimum atomic E-state index is -3.92. The van der Waals surface area contributed by atoms with E-state index in [0.717, 1.165) is 6.07 Å². The summed E-state index contributed by atoms with van der Waals surface area (Å²) in [5.41, 5.74) is 0.235. The second kappa shape index (κ2) is 14.5. The Kier molecular flexibility index (Phi) is 10.7. The van der Waals surface area contributed by atoms with E-state index in [1.54, 1.807) is 62.8 Å². The third kappa shape index (κ3) is 9.59. The number of halogens is 2. The number of piperazine rings is 1. The first-order chi connectivity index (χ1) is 23.8. The summed E-state index contributed by atoms with van der Waals surface area (Å²) in [6, 6.07) is 10.8. The van der Waals surface area contributed by atoms with Crippen LogP contribution in [-0.2, 0) is 28.4 Å². The second-order valence-corrected chi connectivity index (χ2v) is 15.8. The second-order valence-electron chi connectivity index (χ2n) is 14.1. The number of ether oxygens (including phenoxy) is 1. The van der Waals surface area contributed by atoms with E-state index in [1.165, 1.54) is 30.3 Å². The fourth-order valence-corrected chi connectivity index (χ4v) is 6.90. The first kappa shape index (κ1) is 37.6. The zero-order valence-electron chi connectivity index (χ0n) is 29.7. The zero-order chi connectivity index (χ0) is 37.3. The van der Waals surface area contributed by atoms with E-state index in [1.807, 2.05) is 7.05 Å². The number of hydrogen-bond acceptors (Lipinski definition) is 8. The Hall–Kier alpha value is -4.62. The minimum Gasteiger partial charge on any atom is -0.444 e. The first-order valence-corrected chi connectivity index (χ1v) is 17.9. The normalized spacial score (nSPS) is 15.3. The number of nitrogens with zero attached hydrogens (tertiary/aromatic N) is 5. The average molecular weight is 724 g/mol. The first-order valence-electron chi connectivity index (χ1n) is 16.4. The van der Waals surface area contributed by atoms with Gasteiger partial charge in [-0.25, -0.2) is 18.6 Å². The van der Waals surface area contributed by atoms with Crippen molar-refractivity contribution in [2.45, 2.75) is 58.3 Å². The van der Waals surface area contributed by atoms with Crippen LogP contribution < -0.4 is 10.0 Å². The molecule has 2 aromatic heterocycles. The molecule has 1 amide bonds. The van der Waals surface area contributed by atoms with Gasteiger partial charge in [0.15, 0.2) is 5.82 Å². The third-order valence-electron chi connectivity index (χ3n) is 7.99. The van der Waals surface area contributed by atoms with Crippen molar-refractivity contribution in [3.05, 3.63) is 77.1 Å². The molecule has 3 N–H and O–H groups in total. The van der Waals surface area contributed by atoms with Crippen molar-refractivity contribution in [2.24, 2.45) is 7.05 Å². The van der Waals surface area contributed by atoms with E-state index in [4.69, 9.17) is 9.72 Å². The van der Waals surface area contributed by atoms with Crippen molar-refractivity contribution in [1.82, 2.24) is 29.3 Å². The lowest BCUT2D eigenvalue weighted by Crippen LogP contribution is -2.48. The standard InChI is InChI=1S/C36H43F2N7O5S/c1-35(2,3)50-34(46)40-30(21-23-19-24(37)22-25(38)20-23)31-27(12-11-26(39-31)13-14-36(4,5)47)28-9-8-10-29-32(28)44(7)41-33(29)42-51(48,49)45-17-15-43(6)16-18-45/h8-12,19-20,22,30,47H,15-18,21H2,1-7H3,(H,40,46)(H,41,42). The van der Waals surface area contributed by atoms with Gasteiger partial charge in [0.05, 0.1) is 17.3 Å². The average Bonchev–Trinajstić information content (AvgIpc) is 3.32. The van der Waals surface area contributed by atoms with Crippen molar-refractivity contribution in [3.8, 4) is 23.0 Å². The Bertz CT molecular complexity index is 2090. The molecule has 1 aliphatic rings. The number of para-hydroxylation sites is 1. The smallest absolute Gasteiger partial charge is 0.408 e. The number of benzene rings is 2. The molecule has 1 aliphatic heterocycles. The van der Waals surface area contributed by atoms with Crippen LogP contribution >= 0.6 is 0 Å². The van der Waals surface area contributed by atoms with E-state index in [-0.39, 0.29) is 29.2 Å². The maximum atomic E-state index is 14.4. The minimum absolute atomic E-state index is 0.0895. The molecule has 0 spiro atoms. The van der Waals surface area contributed by atoms with Crippen LogP contribution in [-0.4, -0.2) is 88.0 Å². The summed E-state index contributed by atoms with van der Waals surface area (Å²) >= 11 is 0. The van der Waals surface area contributed by atoms with Crippen molar-refractivity contribution >= 4 is 33.0 Å². The van der Waals surface area contributed by atoms with E-state index in [0.29, 0.717) is 48.2 Å². The predicted octanol–water partition coefficient (Wildman–Crippen LogP) is 4.75. The van der Waals surface area contributed by atoms with Crippen LogP contribution in [0.25, 0.3) is 22.0 Å². The molecule has 0 bridgehead atoms. The Labute approximate surface area is 297 Å². The topological polar surface area (TPSA) is 142 Å². The molecule has 1 atom stereocenters. The molecule has 51 heavy (non-hydrogen) atoms. The van der Waals surface area contributed by atoms with Crippen LogP contribution in [0, 0.1) is 23.5 Å². The number of anilines is 1. The molecule has 1 unspecified atom stereocenters. The number of aliphatic hydroxyl groups is 1. The number of likely N-dealkylation sites (N-methyl/N-ethyl adjacent to an activating group) is 1. The fourth-order valence-electron chi connectivity index (χ4n) is 5.73. The Balaban J connectivity index is 1.67. The molecule has 1 saturated heterocycles. The number of amides is 1. The van der Waals surface area contributed by atoms with Gasteiger partial charge in [-0.15, -0.1) is 0 Å². The van der Waals surface area contributed by atoms with Crippen molar-refractivity contribution in [1.29, 1.82) is 0 Å². The highest BCUT2D eigenvalue weighted by Gasteiger charge is 2.29.